The lowest BCUT2D eigenvalue weighted by molar-refractivity contribution is 0.0769. The van der Waals surface area contributed by atoms with E-state index < -0.39 is 12.3 Å². The normalized spacial score (nSPS) is 13.1. The maximum atomic E-state index is 12.4. The van der Waals surface area contributed by atoms with Crippen LogP contribution in [-0.4, -0.2) is 13.0 Å². The van der Waals surface area contributed by atoms with Gasteiger partial charge in [0.15, 0.2) is 0 Å². The molecule has 0 amide bonds. The van der Waals surface area contributed by atoms with Gasteiger partial charge in [0.05, 0.1) is 0 Å². The van der Waals surface area contributed by atoms with E-state index in [-0.39, 0.29) is 6.54 Å². The third-order valence-electron chi connectivity index (χ3n) is 2.35. The van der Waals surface area contributed by atoms with Crippen LogP contribution in [0.3, 0.4) is 0 Å². The fourth-order valence-electron chi connectivity index (χ4n) is 1.39. The largest absolute Gasteiger partial charge is 0.330 e. The Morgan fingerprint density at radius 2 is 2.07 bits per heavy atom. The summed E-state index contributed by atoms with van der Waals surface area (Å²) in [4.78, 5) is 0. The van der Waals surface area contributed by atoms with Gasteiger partial charge < -0.3 is 5.73 Å². The summed E-state index contributed by atoms with van der Waals surface area (Å²) in [5.74, 6) is -0.691. The van der Waals surface area contributed by atoms with Crippen LogP contribution in [0.15, 0.2) is 28.7 Å². The van der Waals surface area contributed by atoms with Crippen LogP contribution in [-0.2, 0) is 6.42 Å². The fourth-order valence-corrected chi connectivity index (χ4v) is 1.84. The summed E-state index contributed by atoms with van der Waals surface area (Å²) in [6.07, 6.45) is -1.24. The van der Waals surface area contributed by atoms with E-state index in [0.29, 0.717) is 12.8 Å². The number of nitrogens with two attached hydrogens (primary N) is 1. The first-order valence-corrected chi connectivity index (χ1v) is 5.65. The van der Waals surface area contributed by atoms with E-state index in [1.807, 2.05) is 24.3 Å². The van der Waals surface area contributed by atoms with E-state index >= 15 is 0 Å². The molecule has 1 aromatic rings. The minimum atomic E-state index is -2.32. The van der Waals surface area contributed by atoms with E-state index in [1.165, 1.54) is 0 Å². The minimum Gasteiger partial charge on any atom is -0.330 e. The SMILES string of the molecule is NCC(CCc1cccc(Br)c1)C(F)F. The summed E-state index contributed by atoms with van der Waals surface area (Å²) in [6.45, 7) is 0.0473. The quantitative estimate of drug-likeness (QED) is 0.879. The predicted molar refractivity (Wildman–Crippen MR) is 61.0 cm³/mol. The van der Waals surface area contributed by atoms with Gasteiger partial charge in [-0.25, -0.2) is 8.78 Å². The van der Waals surface area contributed by atoms with Gasteiger partial charge >= 0.3 is 0 Å². The molecule has 0 fully saturated rings. The first-order chi connectivity index (χ1) is 7.13. The number of rotatable bonds is 5. The van der Waals surface area contributed by atoms with Crippen molar-refractivity contribution in [3.05, 3.63) is 34.3 Å². The number of hydrogen-bond donors (Lipinski definition) is 1. The highest BCUT2D eigenvalue weighted by Gasteiger charge is 2.17. The van der Waals surface area contributed by atoms with Crippen molar-refractivity contribution in [1.29, 1.82) is 0 Å². The molecular weight excluding hydrogens is 264 g/mol. The molecule has 4 heteroatoms. The second-order valence-corrected chi connectivity index (χ2v) is 4.41. The van der Waals surface area contributed by atoms with Crippen LogP contribution in [0.5, 0.6) is 0 Å². The molecule has 15 heavy (non-hydrogen) atoms. The van der Waals surface area contributed by atoms with Gasteiger partial charge in [0.25, 0.3) is 0 Å². The molecule has 0 saturated carbocycles. The van der Waals surface area contributed by atoms with E-state index in [4.69, 9.17) is 5.73 Å². The molecule has 2 N–H and O–H groups in total. The van der Waals surface area contributed by atoms with Gasteiger partial charge in [-0.2, -0.15) is 0 Å². The molecule has 0 aromatic heterocycles. The van der Waals surface area contributed by atoms with E-state index in [1.54, 1.807) is 0 Å². The molecule has 0 radical (unpaired) electrons. The second-order valence-electron chi connectivity index (χ2n) is 3.50. The highest BCUT2D eigenvalue weighted by atomic mass is 79.9. The Hall–Kier alpha value is -0.480. The third kappa shape index (κ3) is 4.26. The Kier molecular flexibility index (Phi) is 5.19. The lowest BCUT2D eigenvalue weighted by Crippen LogP contribution is -2.22. The maximum Gasteiger partial charge on any atom is 0.242 e. The summed E-state index contributed by atoms with van der Waals surface area (Å²) in [6, 6.07) is 7.69. The van der Waals surface area contributed by atoms with Crippen LogP contribution in [0.25, 0.3) is 0 Å². The van der Waals surface area contributed by atoms with Gasteiger partial charge in [-0.1, -0.05) is 28.1 Å². The lowest BCUT2D eigenvalue weighted by atomic mass is 10.00. The smallest absolute Gasteiger partial charge is 0.242 e. The number of aryl methyl sites for hydroxylation is 1. The summed E-state index contributed by atoms with van der Waals surface area (Å²) in [7, 11) is 0. The molecule has 1 nitrogen and oxygen atoms in total. The Labute approximate surface area is 96.8 Å². The first kappa shape index (κ1) is 12.6. The van der Waals surface area contributed by atoms with Gasteiger partial charge in [-0.15, -0.1) is 0 Å². The summed E-state index contributed by atoms with van der Waals surface area (Å²) in [5, 5.41) is 0. The van der Waals surface area contributed by atoms with Crippen LogP contribution < -0.4 is 5.73 Å². The first-order valence-electron chi connectivity index (χ1n) is 4.86. The zero-order chi connectivity index (χ0) is 11.3. The molecule has 0 saturated heterocycles. The van der Waals surface area contributed by atoms with Crippen molar-refractivity contribution in [2.24, 2.45) is 11.7 Å². The van der Waals surface area contributed by atoms with Crippen molar-refractivity contribution in [3.63, 3.8) is 0 Å². The van der Waals surface area contributed by atoms with Gasteiger partial charge in [-0.05, 0) is 30.5 Å². The zero-order valence-electron chi connectivity index (χ0n) is 8.30. The Morgan fingerprint density at radius 1 is 1.33 bits per heavy atom. The van der Waals surface area contributed by atoms with Crippen molar-refractivity contribution < 1.29 is 8.78 Å². The van der Waals surface area contributed by atoms with E-state index in [9.17, 15) is 8.78 Å². The average Bonchev–Trinajstić information content (AvgIpc) is 2.18. The van der Waals surface area contributed by atoms with Gasteiger partial charge in [0, 0.05) is 16.9 Å². The number of halogens is 3. The molecule has 0 heterocycles. The highest BCUT2D eigenvalue weighted by Crippen LogP contribution is 2.18. The number of hydrogen-bond acceptors (Lipinski definition) is 1. The standard InChI is InChI=1S/C11H14BrF2N/c12-10-3-1-2-8(6-10)4-5-9(7-15)11(13)14/h1-3,6,9,11H,4-5,7,15H2. The van der Waals surface area contributed by atoms with Crippen molar-refractivity contribution in [2.45, 2.75) is 19.3 Å². The molecule has 84 valence electrons. The topological polar surface area (TPSA) is 26.0 Å². The molecule has 0 spiro atoms. The van der Waals surface area contributed by atoms with Crippen LogP contribution in [0.1, 0.15) is 12.0 Å². The molecular formula is C11H14BrF2N. The Balaban J connectivity index is 2.49. The van der Waals surface area contributed by atoms with Gasteiger partial charge in [0.1, 0.15) is 0 Å². The van der Waals surface area contributed by atoms with Crippen LogP contribution in [0, 0.1) is 5.92 Å². The van der Waals surface area contributed by atoms with Crippen molar-refractivity contribution in [3.8, 4) is 0 Å². The molecule has 1 unspecified atom stereocenters. The predicted octanol–water partition coefficient (Wildman–Crippen LogP) is 3.22. The fraction of sp³-hybridized carbons (Fsp3) is 0.455. The maximum absolute atomic E-state index is 12.4. The van der Waals surface area contributed by atoms with Crippen molar-refractivity contribution in [2.75, 3.05) is 6.54 Å². The van der Waals surface area contributed by atoms with Crippen molar-refractivity contribution in [1.82, 2.24) is 0 Å². The monoisotopic (exact) mass is 277 g/mol. The second kappa shape index (κ2) is 6.18. The lowest BCUT2D eigenvalue weighted by Gasteiger charge is -2.13. The number of benzene rings is 1. The molecule has 0 aliphatic rings. The van der Waals surface area contributed by atoms with Crippen LogP contribution >= 0.6 is 15.9 Å². The van der Waals surface area contributed by atoms with E-state index in [0.717, 1.165) is 10.0 Å². The average molecular weight is 278 g/mol. The summed E-state index contributed by atoms with van der Waals surface area (Å²) < 4.78 is 25.8. The highest BCUT2D eigenvalue weighted by molar-refractivity contribution is 9.10. The summed E-state index contributed by atoms with van der Waals surface area (Å²) >= 11 is 3.34. The molecule has 0 aliphatic carbocycles. The van der Waals surface area contributed by atoms with Crippen LogP contribution in [0.2, 0.25) is 0 Å². The minimum absolute atomic E-state index is 0.0473. The van der Waals surface area contributed by atoms with E-state index in [2.05, 4.69) is 15.9 Å². The Bertz CT molecular complexity index is 304. The number of alkyl halides is 2. The molecule has 0 aliphatic heterocycles. The van der Waals surface area contributed by atoms with Crippen LogP contribution in [0.4, 0.5) is 8.78 Å². The molecule has 1 atom stereocenters. The third-order valence-corrected chi connectivity index (χ3v) is 2.85. The van der Waals surface area contributed by atoms with Gasteiger partial charge in [-0.3, -0.25) is 0 Å². The molecule has 1 aromatic carbocycles. The molecule has 1 rings (SSSR count). The van der Waals surface area contributed by atoms with Crippen molar-refractivity contribution >= 4 is 15.9 Å². The summed E-state index contributed by atoms with van der Waals surface area (Å²) in [5.41, 5.74) is 6.34. The molecule has 0 bridgehead atoms. The van der Waals surface area contributed by atoms with Gasteiger partial charge in [0.2, 0.25) is 6.43 Å². The zero-order valence-corrected chi connectivity index (χ0v) is 9.88. The Morgan fingerprint density at radius 3 is 2.60 bits per heavy atom.